The lowest BCUT2D eigenvalue weighted by molar-refractivity contribution is -0.0700. The van der Waals surface area contributed by atoms with Gasteiger partial charge in [0.25, 0.3) is 0 Å². The van der Waals surface area contributed by atoms with E-state index in [2.05, 4.69) is 6.92 Å². The Morgan fingerprint density at radius 1 is 1.15 bits per heavy atom. The van der Waals surface area contributed by atoms with E-state index >= 15 is 0 Å². The van der Waals surface area contributed by atoms with Gasteiger partial charge in [0.1, 0.15) is 0 Å². The maximum absolute atomic E-state index is 5.45. The summed E-state index contributed by atoms with van der Waals surface area (Å²) in [6.07, 6.45) is 0.967. The Morgan fingerprint density at radius 2 is 1.62 bits per heavy atom. The molecule has 0 atom stereocenters. The van der Waals surface area contributed by atoms with Crippen LogP contribution in [0.4, 0.5) is 0 Å². The average molecular weight is 206 g/mol. The molecule has 5 heteroatoms. The maximum atomic E-state index is 5.45. The van der Waals surface area contributed by atoms with Crippen LogP contribution in [-0.2, 0) is 18.0 Å². The number of hydrogen-bond donors (Lipinski definition) is 0. The first-order valence-electron chi connectivity index (χ1n) is 4.43. The van der Waals surface area contributed by atoms with E-state index in [0.29, 0.717) is 13.2 Å². The van der Waals surface area contributed by atoms with Gasteiger partial charge in [-0.05, 0) is 6.42 Å². The lowest BCUT2D eigenvalue weighted by Gasteiger charge is -2.48. The fraction of sp³-hybridized carbons (Fsp3) is 1.00. The molecule has 1 saturated heterocycles. The Bertz CT molecular complexity index is 152. The second-order valence-electron chi connectivity index (χ2n) is 3.30. The zero-order chi connectivity index (χ0) is 9.95. The van der Waals surface area contributed by atoms with E-state index in [9.17, 15) is 0 Å². The van der Waals surface area contributed by atoms with Crippen molar-refractivity contribution >= 4 is 8.80 Å². The molecule has 78 valence electrons. The number of hydrogen-bond acceptors (Lipinski definition) is 4. The summed E-state index contributed by atoms with van der Waals surface area (Å²) in [6.45, 7) is 3.48. The maximum Gasteiger partial charge on any atom is 0.511 e. The predicted molar refractivity (Wildman–Crippen MR) is 50.6 cm³/mol. The molecule has 0 N–H and O–H groups in total. The molecule has 0 aliphatic carbocycles. The van der Waals surface area contributed by atoms with Crippen LogP contribution in [0.5, 0.6) is 0 Å². The normalized spacial score (nSPS) is 21.2. The molecule has 0 spiro atoms. The molecule has 1 aliphatic heterocycles. The molecule has 0 unspecified atom stereocenters. The Hall–Kier alpha value is 0.0569. The van der Waals surface area contributed by atoms with Crippen molar-refractivity contribution in [2.75, 3.05) is 34.5 Å². The van der Waals surface area contributed by atoms with Crippen molar-refractivity contribution in [2.24, 2.45) is 0 Å². The third-order valence-corrected chi connectivity index (χ3v) is 6.44. The van der Waals surface area contributed by atoms with Crippen LogP contribution in [0.1, 0.15) is 13.3 Å². The molecule has 0 aromatic rings. The standard InChI is InChI=1S/C8H18O4Si/c1-5-8(6-12-7-8)13(9-2,10-3)11-4/h5-7H2,1-4H3. The van der Waals surface area contributed by atoms with Gasteiger partial charge in [-0.1, -0.05) is 6.92 Å². The summed E-state index contributed by atoms with van der Waals surface area (Å²) >= 11 is 0. The molecule has 0 saturated carbocycles. The molecule has 1 rings (SSSR count). The topological polar surface area (TPSA) is 36.9 Å². The Balaban J connectivity index is 2.83. The van der Waals surface area contributed by atoms with Crippen LogP contribution in [0.2, 0.25) is 5.04 Å². The molecule has 0 amide bonds. The molecular formula is C8H18O4Si. The largest absolute Gasteiger partial charge is 0.511 e. The number of ether oxygens (including phenoxy) is 1. The quantitative estimate of drug-likeness (QED) is 0.630. The van der Waals surface area contributed by atoms with Crippen LogP contribution in [-0.4, -0.2) is 43.3 Å². The van der Waals surface area contributed by atoms with E-state index in [4.69, 9.17) is 18.0 Å². The SMILES string of the molecule is CCC1([Si](OC)(OC)OC)COC1. The highest BCUT2D eigenvalue weighted by molar-refractivity contribution is 6.64. The summed E-state index contributed by atoms with van der Waals surface area (Å²) < 4.78 is 21.6. The summed E-state index contributed by atoms with van der Waals surface area (Å²) in [6, 6.07) is 0. The second-order valence-corrected chi connectivity index (χ2v) is 6.69. The van der Waals surface area contributed by atoms with E-state index in [1.54, 1.807) is 21.3 Å². The van der Waals surface area contributed by atoms with Crippen molar-refractivity contribution in [2.45, 2.75) is 18.4 Å². The van der Waals surface area contributed by atoms with Crippen LogP contribution in [0, 0.1) is 0 Å². The summed E-state index contributed by atoms with van der Waals surface area (Å²) in [4.78, 5) is 0. The minimum Gasteiger partial charge on any atom is -0.380 e. The fourth-order valence-electron chi connectivity index (χ4n) is 1.85. The molecule has 13 heavy (non-hydrogen) atoms. The molecule has 0 bridgehead atoms. The molecule has 0 aromatic carbocycles. The first kappa shape index (κ1) is 11.1. The highest BCUT2D eigenvalue weighted by Crippen LogP contribution is 2.48. The zero-order valence-electron chi connectivity index (χ0n) is 8.75. The summed E-state index contributed by atoms with van der Waals surface area (Å²) in [5.74, 6) is 0. The van der Waals surface area contributed by atoms with Gasteiger partial charge in [0.05, 0.1) is 18.3 Å². The first-order chi connectivity index (χ1) is 6.20. The van der Waals surface area contributed by atoms with Crippen LogP contribution in [0.25, 0.3) is 0 Å². The van der Waals surface area contributed by atoms with Gasteiger partial charge in [0.2, 0.25) is 0 Å². The van der Waals surface area contributed by atoms with Crippen LogP contribution in [0.15, 0.2) is 0 Å². The van der Waals surface area contributed by atoms with Gasteiger partial charge in [-0.2, -0.15) is 0 Å². The van der Waals surface area contributed by atoms with Gasteiger partial charge in [-0.25, -0.2) is 0 Å². The molecule has 0 aromatic heterocycles. The van der Waals surface area contributed by atoms with Crippen molar-refractivity contribution in [3.63, 3.8) is 0 Å². The van der Waals surface area contributed by atoms with Gasteiger partial charge in [-0.15, -0.1) is 0 Å². The molecule has 1 fully saturated rings. The third kappa shape index (κ3) is 1.44. The van der Waals surface area contributed by atoms with Crippen molar-refractivity contribution in [3.05, 3.63) is 0 Å². The van der Waals surface area contributed by atoms with Gasteiger partial charge >= 0.3 is 8.80 Å². The van der Waals surface area contributed by atoms with Gasteiger partial charge in [-0.3, -0.25) is 0 Å². The second kappa shape index (κ2) is 4.06. The van der Waals surface area contributed by atoms with Crippen LogP contribution >= 0.6 is 0 Å². The summed E-state index contributed by atoms with van der Waals surface area (Å²) in [7, 11) is 2.43. The van der Waals surface area contributed by atoms with Gasteiger partial charge < -0.3 is 18.0 Å². The minimum atomic E-state index is -2.51. The highest BCUT2D eigenvalue weighted by atomic mass is 28.4. The van der Waals surface area contributed by atoms with Crippen molar-refractivity contribution in [3.8, 4) is 0 Å². The monoisotopic (exact) mass is 206 g/mol. The molecule has 1 heterocycles. The zero-order valence-corrected chi connectivity index (χ0v) is 9.75. The summed E-state index contributed by atoms with van der Waals surface area (Å²) in [5, 5.41) is -0.0226. The predicted octanol–water partition coefficient (Wildman–Crippen LogP) is 1.05. The van der Waals surface area contributed by atoms with E-state index in [-0.39, 0.29) is 5.04 Å². The lowest BCUT2D eigenvalue weighted by Crippen LogP contribution is -2.62. The van der Waals surface area contributed by atoms with Crippen LogP contribution < -0.4 is 0 Å². The average Bonchev–Trinajstić information content (AvgIpc) is 2.12. The third-order valence-electron chi connectivity index (χ3n) is 2.89. The molecular weight excluding hydrogens is 188 g/mol. The van der Waals surface area contributed by atoms with Gasteiger partial charge in [0.15, 0.2) is 0 Å². The molecule has 4 nitrogen and oxygen atoms in total. The Kier molecular flexibility index (Phi) is 3.48. The Labute approximate surface area is 80.5 Å². The highest BCUT2D eigenvalue weighted by Gasteiger charge is 2.63. The lowest BCUT2D eigenvalue weighted by atomic mass is 10.0. The van der Waals surface area contributed by atoms with Crippen molar-refractivity contribution < 1.29 is 18.0 Å². The first-order valence-corrected chi connectivity index (χ1v) is 6.16. The molecule has 0 radical (unpaired) electrons. The van der Waals surface area contributed by atoms with Gasteiger partial charge in [0, 0.05) is 21.3 Å². The molecule has 1 aliphatic rings. The fourth-order valence-corrected chi connectivity index (χ4v) is 4.64. The Morgan fingerprint density at radius 3 is 1.69 bits per heavy atom. The van der Waals surface area contributed by atoms with Crippen LogP contribution in [0.3, 0.4) is 0 Å². The minimum absolute atomic E-state index is 0.0226. The van der Waals surface area contributed by atoms with Crippen molar-refractivity contribution in [1.82, 2.24) is 0 Å². The van der Waals surface area contributed by atoms with E-state index < -0.39 is 8.80 Å². The van der Waals surface area contributed by atoms with E-state index in [1.807, 2.05) is 0 Å². The smallest absolute Gasteiger partial charge is 0.380 e. The summed E-state index contributed by atoms with van der Waals surface area (Å²) in [5.41, 5.74) is 0. The van der Waals surface area contributed by atoms with Crippen molar-refractivity contribution in [1.29, 1.82) is 0 Å². The van der Waals surface area contributed by atoms with E-state index in [1.165, 1.54) is 0 Å². The number of rotatable bonds is 5. The van der Waals surface area contributed by atoms with E-state index in [0.717, 1.165) is 6.42 Å².